The Hall–Kier alpha value is 0.681. The smallest absolute Gasteiger partial charge is 0.377 e. The van der Waals surface area contributed by atoms with Crippen molar-refractivity contribution in [2.75, 3.05) is 85.3 Å². The first kappa shape index (κ1) is 55.7. The van der Waals surface area contributed by atoms with Crippen molar-refractivity contribution in [3.05, 3.63) is 0 Å². The standard InChI is InChI=1S/C37H84F2O12Si6/c1-34-32-35(20-30-52(14,22-16-26-54(40-2,41-3)42-4)23-17-27-55(43-5,44-6)45-7)37(38,39)36(33-34)21-31-53(15,24-18-28-56(46-8,47-9)48-10)25-19-29-57(49-11,50-12)51-13/h34-36H,16-33H2,1-15H3. The van der Waals surface area contributed by atoms with Gasteiger partial charge in [0.05, 0.1) is 16.1 Å². The van der Waals surface area contributed by atoms with Crippen LogP contribution in [0.3, 0.4) is 0 Å². The molecular formula is C37H84F2O12Si6. The summed E-state index contributed by atoms with van der Waals surface area (Å²) in [5.41, 5.74) is 0. The first-order valence-electron chi connectivity index (χ1n) is 20.9. The van der Waals surface area contributed by atoms with Crippen LogP contribution >= 0.6 is 0 Å². The zero-order valence-corrected chi connectivity index (χ0v) is 44.6. The Morgan fingerprint density at radius 3 is 0.789 bits per heavy atom. The van der Waals surface area contributed by atoms with Gasteiger partial charge in [0, 0.05) is 121 Å². The minimum Gasteiger partial charge on any atom is -0.377 e. The molecule has 2 atom stereocenters. The highest BCUT2D eigenvalue weighted by atomic mass is 28.4. The van der Waals surface area contributed by atoms with Crippen LogP contribution in [0.1, 0.15) is 58.3 Å². The molecule has 1 fully saturated rings. The van der Waals surface area contributed by atoms with Crippen LogP contribution in [0.4, 0.5) is 8.78 Å². The lowest BCUT2D eigenvalue weighted by molar-refractivity contribution is -0.144. The van der Waals surface area contributed by atoms with Gasteiger partial charge in [-0.1, -0.05) is 82.0 Å². The number of hydrogen-bond donors (Lipinski definition) is 0. The van der Waals surface area contributed by atoms with E-state index in [2.05, 4.69) is 20.0 Å². The number of rotatable bonds is 34. The van der Waals surface area contributed by atoms with Gasteiger partial charge in [0.2, 0.25) is 0 Å². The SMILES string of the molecule is CO[Si](CCC[Si](C)(CCC[Si](OC)(OC)OC)CCC1CC(C)CC(CC[Si](C)(CCC[Si](OC)(OC)OC)CCC[Si](OC)(OC)OC)C1(F)F)(OC)OC. The Morgan fingerprint density at radius 1 is 0.386 bits per heavy atom. The van der Waals surface area contributed by atoms with Gasteiger partial charge in [0.25, 0.3) is 5.92 Å². The molecule has 1 aliphatic rings. The fraction of sp³-hybridized carbons (Fsp3) is 1.00. The average Bonchev–Trinajstić information content (AvgIpc) is 3.22. The number of alkyl halides is 2. The third-order valence-corrected chi connectivity index (χ3v) is 34.0. The van der Waals surface area contributed by atoms with E-state index in [1.165, 1.54) is 0 Å². The van der Waals surface area contributed by atoms with Crippen LogP contribution in [-0.2, 0) is 53.1 Å². The molecule has 1 rings (SSSR count). The van der Waals surface area contributed by atoms with Crippen LogP contribution in [0.2, 0.25) is 73.5 Å². The molecule has 0 N–H and O–H groups in total. The summed E-state index contributed by atoms with van der Waals surface area (Å²) in [4.78, 5) is 0. The lowest BCUT2D eigenvalue weighted by atomic mass is 9.71. The van der Waals surface area contributed by atoms with Crippen LogP contribution in [0.5, 0.6) is 0 Å². The van der Waals surface area contributed by atoms with Gasteiger partial charge in [-0.3, -0.25) is 0 Å². The van der Waals surface area contributed by atoms with E-state index in [1.54, 1.807) is 85.3 Å². The van der Waals surface area contributed by atoms with E-state index in [9.17, 15) is 0 Å². The summed E-state index contributed by atoms with van der Waals surface area (Å²) in [6.07, 6.45) is 5.73. The third kappa shape index (κ3) is 16.7. The molecule has 1 saturated carbocycles. The molecule has 0 heterocycles. The molecule has 20 heteroatoms. The minimum absolute atomic E-state index is 0.252. The molecular weight excluding hydrogens is 843 g/mol. The maximum absolute atomic E-state index is 16.9. The monoisotopic (exact) mass is 926 g/mol. The highest BCUT2D eigenvalue weighted by molar-refractivity contribution is 6.79. The van der Waals surface area contributed by atoms with Crippen molar-refractivity contribution in [3.8, 4) is 0 Å². The summed E-state index contributed by atoms with van der Waals surface area (Å²) in [6, 6.07) is 8.42. The zero-order valence-electron chi connectivity index (χ0n) is 38.6. The molecule has 0 spiro atoms. The lowest BCUT2D eigenvalue weighted by Gasteiger charge is -2.43. The van der Waals surface area contributed by atoms with Crippen LogP contribution in [0.15, 0.2) is 0 Å². The third-order valence-electron chi connectivity index (χ3n) is 13.4. The molecule has 2 unspecified atom stereocenters. The maximum atomic E-state index is 16.9. The van der Waals surface area contributed by atoms with E-state index in [0.29, 0.717) is 49.9 Å². The Balaban J connectivity index is 3.25. The molecule has 0 bridgehead atoms. The second-order valence-corrected chi connectivity index (χ2v) is 39.5. The molecule has 1 aliphatic carbocycles. The van der Waals surface area contributed by atoms with Gasteiger partial charge in [-0.2, -0.15) is 0 Å². The largest absolute Gasteiger partial charge is 0.500 e. The molecule has 0 saturated heterocycles. The van der Waals surface area contributed by atoms with Gasteiger partial charge in [-0.25, -0.2) is 8.78 Å². The molecule has 0 radical (unpaired) electrons. The highest BCUT2D eigenvalue weighted by Gasteiger charge is 2.52. The predicted molar refractivity (Wildman–Crippen MR) is 236 cm³/mol. The quantitative estimate of drug-likeness (QED) is 0.0574. The van der Waals surface area contributed by atoms with Crippen molar-refractivity contribution < 1.29 is 61.9 Å². The summed E-state index contributed by atoms with van der Waals surface area (Å²) in [5, 5.41) is 0. The van der Waals surface area contributed by atoms with Crippen LogP contribution < -0.4 is 0 Å². The van der Waals surface area contributed by atoms with Crippen LogP contribution in [0, 0.1) is 17.8 Å². The van der Waals surface area contributed by atoms with E-state index in [0.717, 1.165) is 61.9 Å². The molecule has 0 aromatic carbocycles. The molecule has 0 amide bonds. The Kier molecular flexibility index (Phi) is 25.7. The summed E-state index contributed by atoms with van der Waals surface area (Å²) >= 11 is 0. The lowest BCUT2D eigenvalue weighted by Crippen LogP contribution is -2.46. The fourth-order valence-electron chi connectivity index (χ4n) is 9.28. The minimum atomic E-state index is -2.75. The van der Waals surface area contributed by atoms with Crippen molar-refractivity contribution in [2.45, 2.75) is 138 Å². The second kappa shape index (κ2) is 26.3. The number of hydrogen-bond acceptors (Lipinski definition) is 12. The molecule has 0 aromatic rings. The van der Waals surface area contributed by atoms with Gasteiger partial charge < -0.3 is 53.1 Å². The zero-order chi connectivity index (χ0) is 43.4. The van der Waals surface area contributed by atoms with Gasteiger partial charge in [-0.05, 0) is 31.6 Å². The summed E-state index contributed by atoms with van der Waals surface area (Å²) in [6.45, 7) is 6.95. The van der Waals surface area contributed by atoms with Gasteiger partial charge in [0.1, 0.15) is 0 Å². The molecule has 342 valence electrons. The second-order valence-electron chi connectivity index (χ2n) is 16.9. The van der Waals surface area contributed by atoms with E-state index >= 15 is 8.78 Å². The molecule has 0 aliphatic heterocycles. The topological polar surface area (TPSA) is 111 Å². The van der Waals surface area contributed by atoms with E-state index in [1.807, 2.05) is 0 Å². The fourth-order valence-corrected chi connectivity index (χ4v) is 25.3. The Morgan fingerprint density at radius 2 is 0.596 bits per heavy atom. The average molecular weight is 928 g/mol. The van der Waals surface area contributed by atoms with Crippen molar-refractivity contribution >= 4 is 51.4 Å². The first-order chi connectivity index (χ1) is 26.9. The van der Waals surface area contributed by atoms with E-state index < -0.39 is 69.1 Å². The summed E-state index contributed by atoms with van der Waals surface area (Å²) in [7, 11) is 4.65. The maximum Gasteiger partial charge on any atom is 0.500 e. The van der Waals surface area contributed by atoms with Crippen molar-refractivity contribution in [3.63, 3.8) is 0 Å². The molecule has 0 aromatic heterocycles. The van der Waals surface area contributed by atoms with Gasteiger partial charge in [-0.15, -0.1) is 0 Å². The summed E-state index contributed by atoms with van der Waals surface area (Å²) < 4.78 is 102. The van der Waals surface area contributed by atoms with Crippen LogP contribution in [-0.4, -0.2) is 143 Å². The molecule has 12 nitrogen and oxygen atoms in total. The van der Waals surface area contributed by atoms with E-state index in [4.69, 9.17) is 53.1 Å². The van der Waals surface area contributed by atoms with Crippen molar-refractivity contribution in [2.24, 2.45) is 17.8 Å². The number of halogens is 2. The molecule has 57 heavy (non-hydrogen) atoms. The summed E-state index contributed by atoms with van der Waals surface area (Å²) in [5.74, 6) is -3.73. The van der Waals surface area contributed by atoms with Crippen LogP contribution in [0.25, 0.3) is 0 Å². The first-order valence-corrected chi connectivity index (χ1v) is 34.8. The van der Waals surface area contributed by atoms with Crippen molar-refractivity contribution in [1.82, 2.24) is 0 Å². The predicted octanol–water partition coefficient (Wildman–Crippen LogP) is 9.29. The Labute approximate surface area is 352 Å². The normalized spacial score (nSPS) is 20.1. The van der Waals surface area contributed by atoms with E-state index in [-0.39, 0.29) is 5.92 Å². The van der Waals surface area contributed by atoms with Crippen molar-refractivity contribution in [1.29, 1.82) is 0 Å². The highest BCUT2D eigenvalue weighted by Crippen LogP contribution is 2.51. The van der Waals surface area contributed by atoms with Gasteiger partial charge >= 0.3 is 35.2 Å². The van der Waals surface area contributed by atoms with Gasteiger partial charge in [0.15, 0.2) is 0 Å². The Bertz CT molecular complexity index is 911.